The molecule has 2 aromatic carbocycles. The molecular formula is C24H32BrN3O4S. The van der Waals surface area contributed by atoms with E-state index in [0.29, 0.717) is 12.2 Å². The summed E-state index contributed by atoms with van der Waals surface area (Å²) in [5, 5.41) is 2.86. The Morgan fingerprint density at radius 1 is 1.00 bits per heavy atom. The van der Waals surface area contributed by atoms with Crippen LogP contribution in [0.4, 0.5) is 5.69 Å². The molecule has 0 bridgehead atoms. The molecule has 1 atom stereocenters. The second-order valence-electron chi connectivity index (χ2n) is 8.57. The average molecular weight is 539 g/mol. The Morgan fingerprint density at radius 2 is 1.58 bits per heavy atom. The lowest BCUT2D eigenvalue weighted by Crippen LogP contribution is -2.51. The molecule has 0 aromatic heterocycles. The van der Waals surface area contributed by atoms with E-state index in [4.69, 9.17) is 0 Å². The number of hydrogen-bond donors (Lipinski definition) is 1. The summed E-state index contributed by atoms with van der Waals surface area (Å²) in [5.41, 5.74) is 2.21. The van der Waals surface area contributed by atoms with Crippen LogP contribution in [0.1, 0.15) is 31.9 Å². The molecule has 7 nitrogen and oxygen atoms in total. The van der Waals surface area contributed by atoms with Crippen LogP contribution in [0.15, 0.2) is 53.0 Å². The molecule has 9 heteroatoms. The minimum absolute atomic E-state index is 0.174. The second kappa shape index (κ2) is 11.7. The maximum absolute atomic E-state index is 13.4. The Bertz CT molecular complexity index is 1050. The predicted molar refractivity (Wildman–Crippen MR) is 135 cm³/mol. The molecule has 0 saturated heterocycles. The highest BCUT2D eigenvalue weighted by Gasteiger charge is 2.30. The number of amides is 2. The molecule has 0 aliphatic heterocycles. The number of carbonyl (C=O) groups is 2. The van der Waals surface area contributed by atoms with Crippen molar-refractivity contribution in [2.45, 2.75) is 40.3 Å². The van der Waals surface area contributed by atoms with Gasteiger partial charge in [-0.15, -0.1) is 0 Å². The van der Waals surface area contributed by atoms with Gasteiger partial charge < -0.3 is 10.2 Å². The van der Waals surface area contributed by atoms with Gasteiger partial charge in [0.05, 0.1) is 11.9 Å². The molecule has 0 saturated carbocycles. The zero-order valence-corrected chi connectivity index (χ0v) is 22.1. The lowest BCUT2D eigenvalue weighted by molar-refractivity contribution is -0.139. The summed E-state index contributed by atoms with van der Waals surface area (Å²) in [7, 11) is -3.73. The average Bonchev–Trinajstić information content (AvgIpc) is 2.74. The first kappa shape index (κ1) is 26.9. The van der Waals surface area contributed by atoms with Crippen molar-refractivity contribution in [1.82, 2.24) is 10.2 Å². The first-order chi connectivity index (χ1) is 15.4. The molecule has 33 heavy (non-hydrogen) atoms. The van der Waals surface area contributed by atoms with Crippen LogP contribution >= 0.6 is 15.9 Å². The number of anilines is 1. The van der Waals surface area contributed by atoms with E-state index in [2.05, 4.69) is 21.2 Å². The van der Waals surface area contributed by atoms with Crippen molar-refractivity contribution in [2.75, 3.05) is 23.7 Å². The molecule has 0 spiro atoms. The van der Waals surface area contributed by atoms with E-state index in [9.17, 15) is 18.0 Å². The van der Waals surface area contributed by atoms with Gasteiger partial charge in [0.25, 0.3) is 0 Å². The fourth-order valence-electron chi connectivity index (χ4n) is 3.15. The Balaban J connectivity index is 2.34. The number of carbonyl (C=O) groups excluding carboxylic acids is 2. The maximum Gasteiger partial charge on any atom is 0.244 e. The lowest BCUT2D eigenvalue weighted by atomic mass is 10.1. The van der Waals surface area contributed by atoms with E-state index in [1.54, 1.807) is 31.2 Å². The van der Waals surface area contributed by atoms with Crippen molar-refractivity contribution in [3.05, 3.63) is 64.1 Å². The van der Waals surface area contributed by atoms with Crippen molar-refractivity contribution < 1.29 is 18.0 Å². The van der Waals surface area contributed by atoms with Gasteiger partial charge in [-0.25, -0.2) is 8.42 Å². The summed E-state index contributed by atoms with van der Waals surface area (Å²) >= 11 is 3.39. The number of sulfonamides is 1. The predicted octanol–water partition coefficient (Wildman–Crippen LogP) is 3.71. The van der Waals surface area contributed by atoms with Gasteiger partial charge in [-0.05, 0) is 49.6 Å². The van der Waals surface area contributed by atoms with E-state index >= 15 is 0 Å². The summed E-state index contributed by atoms with van der Waals surface area (Å²) in [4.78, 5) is 27.6. The molecule has 180 valence electrons. The smallest absolute Gasteiger partial charge is 0.244 e. The van der Waals surface area contributed by atoms with E-state index in [1.165, 1.54) is 4.90 Å². The van der Waals surface area contributed by atoms with Crippen LogP contribution in [0, 0.1) is 12.8 Å². The van der Waals surface area contributed by atoms with Crippen LogP contribution in [-0.2, 0) is 26.2 Å². The quantitative estimate of drug-likeness (QED) is 0.500. The molecule has 2 rings (SSSR count). The van der Waals surface area contributed by atoms with E-state index in [0.717, 1.165) is 26.2 Å². The molecule has 0 aliphatic carbocycles. The summed E-state index contributed by atoms with van der Waals surface area (Å²) in [5.74, 6) is -0.481. The van der Waals surface area contributed by atoms with Gasteiger partial charge in [0.1, 0.15) is 12.6 Å². The Labute approximate surface area is 205 Å². The Kier molecular flexibility index (Phi) is 9.48. The fraction of sp³-hybridized carbons (Fsp3) is 0.417. The number of rotatable bonds is 10. The molecule has 0 unspecified atom stereocenters. The highest BCUT2D eigenvalue weighted by atomic mass is 79.9. The zero-order chi connectivity index (χ0) is 24.8. The minimum Gasteiger partial charge on any atom is -0.354 e. The van der Waals surface area contributed by atoms with Gasteiger partial charge >= 0.3 is 0 Å². The first-order valence-electron chi connectivity index (χ1n) is 10.7. The van der Waals surface area contributed by atoms with Gasteiger partial charge in [-0.1, -0.05) is 59.6 Å². The minimum atomic E-state index is -3.73. The number of hydrogen-bond acceptors (Lipinski definition) is 4. The first-order valence-corrected chi connectivity index (χ1v) is 13.4. The number of nitrogens with one attached hydrogen (secondary N) is 1. The second-order valence-corrected chi connectivity index (χ2v) is 11.4. The van der Waals surface area contributed by atoms with Crippen LogP contribution in [0.5, 0.6) is 0 Å². The molecule has 0 aliphatic rings. The molecule has 2 aromatic rings. The largest absolute Gasteiger partial charge is 0.354 e. The lowest BCUT2D eigenvalue weighted by Gasteiger charge is -2.31. The third kappa shape index (κ3) is 8.16. The van der Waals surface area contributed by atoms with Gasteiger partial charge in [-0.3, -0.25) is 13.9 Å². The highest BCUT2D eigenvalue weighted by Crippen LogP contribution is 2.20. The Morgan fingerprint density at radius 3 is 2.09 bits per heavy atom. The molecule has 0 fully saturated rings. The summed E-state index contributed by atoms with van der Waals surface area (Å²) < 4.78 is 27.0. The fourth-order valence-corrected chi connectivity index (χ4v) is 4.26. The summed E-state index contributed by atoms with van der Waals surface area (Å²) in [6, 6.07) is 13.6. The van der Waals surface area contributed by atoms with Gasteiger partial charge in [0.2, 0.25) is 21.8 Å². The van der Waals surface area contributed by atoms with E-state index in [-0.39, 0.29) is 18.4 Å². The monoisotopic (exact) mass is 537 g/mol. The zero-order valence-electron chi connectivity index (χ0n) is 19.7. The third-order valence-corrected chi connectivity index (χ3v) is 6.79. The number of halogens is 1. The number of aryl methyl sites for hydroxylation is 1. The van der Waals surface area contributed by atoms with E-state index in [1.807, 2.05) is 45.0 Å². The highest BCUT2D eigenvalue weighted by molar-refractivity contribution is 9.10. The van der Waals surface area contributed by atoms with Crippen molar-refractivity contribution in [3.63, 3.8) is 0 Å². The number of benzene rings is 2. The standard InChI is InChI=1S/C24H32BrN3O4S/c1-17(2)14-26-24(30)19(4)27(15-20-8-10-21(25)11-9-20)23(29)16-28(33(5,31)32)22-12-6-18(3)7-13-22/h6-13,17,19H,14-16H2,1-5H3,(H,26,30)/t19-/m0/s1. The van der Waals surface area contributed by atoms with Crippen molar-refractivity contribution >= 4 is 43.5 Å². The van der Waals surface area contributed by atoms with Crippen LogP contribution in [0.2, 0.25) is 0 Å². The van der Waals surface area contributed by atoms with Gasteiger partial charge in [0, 0.05) is 17.6 Å². The summed E-state index contributed by atoms with van der Waals surface area (Å²) in [6.07, 6.45) is 1.07. The topological polar surface area (TPSA) is 86.8 Å². The Hall–Kier alpha value is -2.39. The third-order valence-electron chi connectivity index (χ3n) is 5.12. The van der Waals surface area contributed by atoms with Crippen molar-refractivity contribution in [2.24, 2.45) is 5.92 Å². The van der Waals surface area contributed by atoms with Crippen LogP contribution in [0.25, 0.3) is 0 Å². The van der Waals surface area contributed by atoms with Crippen LogP contribution in [0.3, 0.4) is 0 Å². The number of nitrogens with zero attached hydrogens (tertiary/aromatic N) is 2. The maximum atomic E-state index is 13.4. The van der Waals surface area contributed by atoms with Crippen molar-refractivity contribution in [1.29, 1.82) is 0 Å². The summed E-state index contributed by atoms with van der Waals surface area (Å²) in [6.45, 7) is 7.79. The normalized spacial score (nSPS) is 12.3. The molecule has 0 radical (unpaired) electrons. The van der Waals surface area contributed by atoms with Gasteiger partial charge in [-0.2, -0.15) is 0 Å². The molecule has 0 heterocycles. The van der Waals surface area contributed by atoms with Crippen molar-refractivity contribution in [3.8, 4) is 0 Å². The molecule has 1 N–H and O–H groups in total. The van der Waals surface area contributed by atoms with Crippen LogP contribution in [-0.4, -0.2) is 50.5 Å². The molecule has 2 amide bonds. The van der Waals surface area contributed by atoms with Crippen LogP contribution < -0.4 is 9.62 Å². The molecular weight excluding hydrogens is 506 g/mol. The van der Waals surface area contributed by atoms with Gasteiger partial charge in [0.15, 0.2) is 0 Å². The SMILES string of the molecule is Cc1ccc(N(CC(=O)N(Cc2ccc(Br)cc2)[C@@H](C)C(=O)NCC(C)C)S(C)(=O)=O)cc1. The van der Waals surface area contributed by atoms with E-state index < -0.39 is 28.5 Å².